The van der Waals surface area contributed by atoms with Crippen LogP contribution in [0.3, 0.4) is 0 Å². The lowest BCUT2D eigenvalue weighted by atomic mass is 10.2. The molecular formula is C20H20N4O3. The van der Waals surface area contributed by atoms with Crippen LogP contribution in [0.4, 0.5) is 0 Å². The molecule has 0 aliphatic rings. The van der Waals surface area contributed by atoms with Gasteiger partial charge < -0.3 is 20.9 Å². The van der Waals surface area contributed by atoms with Crippen LogP contribution in [0.2, 0.25) is 0 Å². The maximum absolute atomic E-state index is 12.1. The fourth-order valence-corrected chi connectivity index (χ4v) is 2.58. The highest BCUT2D eigenvalue weighted by molar-refractivity contribution is 6.35. The van der Waals surface area contributed by atoms with Gasteiger partial charge in [0.05, 0.1) is 0 Å². The zero-order valence-electron chi connectivity index (χ0n) is 14.6. The van der Waals surface area contributed by atoms with Gasteiger partial charge >= 0.3 is 11.8 Å². The van der Waals surface area contributed by atoms with Crippen molar-refractivity contribution in [1.29, 1.82) is 0 Å². The molecule has 4 N–H and O–H groups in total. The predicted octanol–water partition coefficient (Wildman–Crippen LogP) is 1.33. The number of rotatable bonds is 6. The number of aromatic amines is 1. The van der Waals surface area contributed by atoms with E-state index < -0.39 is 11.8 Å². The summed E-state index contributed by atoms with van der Waals surface area (Å²) in [6.07, 6.45) is 0. The summed E-state index contributed by atoms with van der Waals surface area (Å²) in [6, 6.07) is 18.7. The third-order valence-corrected chi connectivity index (χ3v) is 3.97. The van der Waals surface area contributed by atoms with E-state index in [1.54, 1.807) is 6.07 Å². The van der Waals surface area contributed by atoms with Crippen molar-refractivity contribution in [2.24, 2.45) is 0 Å². The number of H-pyrrole nitrogens is 1. The van der Waals surface area contributed by atoms with Crippen molar-refractivity contribution < 1.29 is 14.4 Å². The average Bonchev–Trinajstić information content (AvgIpc) is 3.14. The second kappa shape index (κ2) is 8.66. The quantitative estimate of drug-likeness (QED) is 0.392. The molecule has 3 rings (SSSR count). The molecule has 2 aromatic carbocycles. The number of hydrogen-bond donors (Lipinski definition) is 4. The topological polar surface area (TPSA) is 103 Å². The summed E-state index contributed by atoms with van der Waals surface area (Å²) in [4.78, 5) is 38.7. The van der Waals surface area contributed by atoms with Crippen molar-refractivity contribution in [3.8, 4) is 0 Å². The molecule has 0 saturated carbocycles. The minimum Gasteiger partial charge on any atom is -0.351 e. The summed E-state index contributed by atoms with van der Waals surface area (Å²) in [5.74, 6) is -1.71. The second-order valence-corrected chi connectivity index (χ2v) is 5.95. The van der Waals surface area contributed by atoms with E-state index in [1.165, 1.54) is 0 Å². The minimum atomic E-state index is -0.731. The highest BCUT2D eigenvalue weighted by atomic mass is 16.2. The number of fused-ring (bicyclic) bond motifs is 1. The van der Waals surface area contributed by atoms with Crippen LogP contribution in [-0.2, 0) is 16.1 Å². The normalized spacial score (nSPS) is 10.4. The van der Waals surface area contributed by atoms with Crippen LogP contribution in [0.5, 0.6) is 0 Å². The molecule has 1 aromatic heterocycles. The van der Waals surface area contributed by atoms with Crippen molar-refractivity contribution in [1.82, 2.24) is 20.9 Å². The molecule has 7 heteroatoms. The van der Waals surface area contributed by atoms with Gasteiger partial charge in [0.1, 0.15) is 5.69 Å². The van der Waals surface area contributed by atoms with Crippen molar-refractivity contribution in [3.63, 3.8) is 0 Å². The van der Waals surface area contributed by atoms with Crippen LogP contribution in [0.25, 0.3) is 10.9 Å². The van der Waals surface area contributed by atoms with E-state index in [4.69, 9.17) is 0 Å². The molecule has 1 heterocycles. The van der Waals surface area contributed by atoms with Crippen LogP contribution in [0, 0.1) is 0 Å². The van der Waals surface area contributed by atoms with Gasteiger partial charge in [-0.1, -0.05) is 48.5 Å². The molecule has 0 spiro atoms. The lowest BCUT2D eigenvalue weighted by molar-refractivity contribution is -0.139. The first-order chi connectivity index (χ1) is 13.1. The molecule has 138 valence electrons. The van der Waals surface area contributed by atoms with Crippen molar-refractivity contribution >= 4 is 28.6 Å². The van der Waals surface area contributed by atoms with Gasteiger partial charge in [0, 0.05) is 30.5 Å². The number of carbonyl (C=O) groups excluding carboxylic acids is 3. The van der Waals surface area contributed by atoms with Gasteiger partial charge in [-0.15, -0.1) is 0 Å². The SMILES string of the molecule is O=C(NCCNC(=O)c1cc2ccccc2[nH]1)C(=O)NCc1ccccc1. The molecule has 0 atom stereocenters. The highest BCUT2D eigenvalue weighted by Crippen LogP contribution is 2.14. The van der Waals surface area contributed by atoms with Gasteiger partial charge in [0.25, 0.3) is 5.91 Å². The second-order valence-electron chi connectivity index (χ2n) is 5.95. The molecular weight excluding hydrogens is 344 g/mol. The average molecular weight is 364 g/mol. The molecule has 0 aliphatic carbocycles. The predicted molar refractivity (Wildman–Crippen MR) is 102 cm³/mol. The van der Waals surface area contributed by atoms with Crippen molar-refractivity contribution in [3.05, 3.63) is 71.9 Å². The summed E-state index contributed by atoms with van der Waals surface area (Å²) in [5, 5.41) is 8.67. The third kappa shape index (κ3) is 4.94. The Morgan fingerprint density at radius 1 is 0.778 bits per heavy atom. The maximum atomic E-state index is 12.1. The number of amides is 3. The van der Waals surface area contributed by atoms with Crippen LogP contribution in [-0.4, -0.2) is 35.8 Å². The Labute approximate surface area is 156 Å². The third-order valence-electron chi connectivity index (χ3n) is 3.97. The minimum absolute atomic E-state index is 0.156. The molecule has 0 radical (unpaired) electrons. The Bertz CT molecular complexity index is 917. The Balaban J connectivity index is 1.38. The fraction of sp³-hybridized carbons (Fsp3) is 0.150. The van der Waals surface area contributed by atoms with Gasteiger partial charge in [0.15, 0.2) is 0 Å². The zero-order chi connectivity index (χ0) is 19.1. The molecule has 7 nitrogen and oxygen atoms in total. The van der Waals surface area contributed by atoms with Gasteiger partial charge in [-0.3, -0.25) is 14.4 Å². The first kappa shape index (κ1) is 18.2. The molecule has 3 amide bonds. The number of nitrogens with one attached hydrogen (secondary N) is 4. The van der Waals surface area contributed by atoms with Gasteiger partial charge in [0.2, 0.25) is 0 Å². The maximum Gasteiger partial charge on any atom is 0.309 e. The van der Waals surface area contributed by atoms with Crippen LogP contribution < -0.4 is 16.0 Å². The summed E-state index contributed by atoms with van der Waals surface area (Å²) < 4.78 is 0. The Morgan fingerprint density at radius 2 is 1.44 bits per heavy atom. The number of carbonyl (C=O) groups is 3. The van der Waals surface area contributed by atoms with Crippen LogP contribution in [0.15, 0.2) is 60.7 Å². The standard InChI is InChI=1S/C20H20N4O3/c25-18(17-12-15-8-4-5-9-16(15)24-17)21-10-11-22-19(26)20(27)23-13-14-6-2-1-3-7-14/h1-9,12,24H,10-11,13H2,(H,21,25)(H,22,26)(H,23,27). The summed E-state index contributed by atoms with van der Waals surface area (Å²) in [5.41, 5.74) is 2.23. The van der Waals surface area contributed by atoms with Crippen LogP contribution >= 0.6 is 0 Å². The van der Waals surface area contributed by atoms with Gasteiger partial charge in [-0.2, -0.15) is 0 Å². The molecule has 3 aromatic rings. The summed E-state index contributed by atoms with van der Waals surface area (Å²) in [6.45, 7) is 0.652. The lowest BCUT2D eigenvalue weighted by Crippen LogP contribution is -2.42. The van der Waals surface area contributed by atoms with Crippen molar-refractivity contribution in [2.45, 2.75) is 6.54 Å². The molecule has 27 heavy (non-hydrogen) atoms. The largest absolute Gasteiger partial charge is 0.351 e. The molecule has 0 aliphatic heterocycles. The first-order valence-electron chi connectivity index (χ1n) is 8.59. The van der Waals surface area contributed by atoms with E-state index in [2.05, 4.69) is 20.9 Å². The van der Waals surface area contributed by atoms with E-state index >= 15 is 0 Å². The van der Waals surface area contributed by atoms with E-state index in [9.17, 15) is 14.4 Å². The number of hydrogen-bond acceptors (Lipinski definition) is 3. The van der Waals surface area contributed by atoms with E-state index in [0.717, 1.165) is 16.5 Å². The molecule has 0 saturated heterocycles. The van der Waals surface area contributed by atoms with Crippen LogP contribution in [0.1, 0.15) is 16.1 Å². The van der Waals surface area contributed by atoms with E-state index in [1.807, 2.05) is 54.6 Å². The first-order valence-corrected chi connectivity index (χ1v) is 8.59. The number of benzene rings is 2. The Morgan fingerprint density at radius 3 is 2.22 bits per heavy atom. The monoisotopic (exact) mass is 364 g/mol. The molecule has 0 fully saturated rings. The van der Waals surface area contributed by atoms with Gasteiger partial charge in [-0.25, -0.2) is 0 Å². The highest BCUT2D eigenvalue weighted by Gasteiger charge is 2.13. The Hall–Kier alpha value is -3.61. The Kier molecular flexibility index (Phi) is 5.84. The molecule has 0 unspecified atom stereocenters. The summed E-state index contributed by atoms with van der Waals surface area (Å²) in [7, 11) is 0. The summed E-state index contributed by atoms with van der Waals surface area (Å²) >= 11 is 0. The zero-order valence-corrected chi connectivity index (χ0v) is 14.6. The fourth-order valence-electron chi connectivity index (χ4n) is 2.58. The van der Waals surface area contributed by atoms with Crippen molar-refractivity contribution in [2.75, 3.05) is 13.1 Å². The number of aromatic nitrogens is 1. The smallest absolute Gasteiger partial charge is 0.309 e. The molecule has 0 bridgehead atoms. The van der Waals surface area contributed by atoms with E-state index in [0.29, 0.717) is 5.69 Å². The van der Waals surface area contributed by atoms with Gasteiger partial charge in [-0.05, 0) is 17.7 Å². The number of para-hydroxylation sites is 1. The van der Waals surface area contributed by atoms with E-state index in [-0.39, 0.29) is 25.5 Å². The lowest BCUT2D eigenvalue weighted by Gasteiger charge is -2.07.